The number of rotatable bonds is 5. The predicted octanol–water partition coefficient (Wildman–Crippen LogP) is 2.69. The molecule has 1 atom stereocenters. The van der Waals surface area contributed by atoms with Crippen LogP contribution in [-0.2, 0) is 6.54 Å². The average molecular weight is 470 g/mol. The van der Waals surface area contributed by atoms with Crippen LogP contribution in [0.4, 0.5) is 8.78 Å². The van der Waals surface area contributed by atoms with Gasteiger partial charge in [-0.25, -0.2) is 8.78 Å². The summed E-state index contributed by atoms with van der Waals surface area (Å²) in [4.78, 5) is 6.41. The van der Waals surface area contributed by atoms with Gasteiger partial charge in [-0.15, -0.1) is 24.0 Å². The topological polar surface area (TPSA) is 39.7 Å². The summed E-state index contributed by atoms with van der Waals surface area (Å²) in [6, 6.07) is 3.45. The summed E-state index contributed by atoms with van der Waals surface area (Å²) in [6.07, 6.45) is 1.12. The van der Waals surface area contributed by atoms with E-state index < -0.39 is 11.6 Å². The van der Waals surface area contributed by atoms with Gasteiger partial charge in [-0.1, -0.05) is 0 Å². The zero-order valence-electron chi connectivity index (χ0n) is 14.2. The molecule has 24 heavy (non-hydrogen) atoms. The molecule has 8 heteroatoms. The third-order valence-corrected chi connectivity index (χ3v) is 5.53. The van der Waals surface area contributed by atoms with Gasteiger partial charge in [0, 0.05) is 37.0 Å². The van der Waals surface area contributed by atoms with Crippen molar-refractivity contribution in [3.63, 3.8) is 0 Å². The molecule has 0 radical (unpaired) electrons. The second-order valence-corrected chi connectivity index (χ2v) is 7.04. The van der Waals surface area contributed by atoms with Crippen LogP contribution in [0.2, 0.25) is 0 Å². The second-order valence-electron chi connectivity index (χ2n) is 5.94. The van der Waals surface area contributed by atoms with Gasteiger partial charge >= 0.3 is 0 Å². The third-order valence-electron chi connectivity index (χ3n) is 4.29. The molecule has 2 rings (SSSR count). The molecule has 1 unspecified atom stereocenters. The number of hydrogen-bond acceptors (Lipinski definition) is 3. The molecular weight excluding hydrogens is 445 g/mol. The SMILES string of the molecule is CN=C(NCc1cc(F)ccc1F)NCC1(N(C)C)CCSC1.I. The Morgan fingerprint density at radius 3 is 2.67 bits per heavy atom. The largest absolute Gasteiger partial charge is 0.355 e. The number of guanidine groups is 1. The van der Waals surface area contributed by atoms with Crippen molar-refractivity contribution in [3.05, 3.63) is 35.4 Å². The van der Waals surface area contributed by atoms with Gasteiger partial charge in [0.05, 0.1) is 0 Å². The molecule has 1 aliphatic rings. The molecular formula is C16H25F2IN4S. The van der Waals surface area contributed by atoms with Gasteiger partial charge in [-0.2, -0.15) is 11.8 Å². The minimum absolute atomic E-state index is 0. The van der Waals surface area contributed by atoms with Crippen LogP contribution in [-0.4, -0.2) is 55.6 Å². The first-order valence-electron chi connectivity index (χ1n) is 7.60. The van der Waals surface area contributed by atoms with Crippen LogP contribution in [0.15, 0.2) is 23.2 Å². The van der Waals surface area contributed by atoms with Gasteiger partial charge in [0.15, 0.2) is 5.96 Å². The van der Waals surface area contributed by atoms with Crippen LogP contribution < -0.4 is 10.6 Å². The normalized spacial score (nSPS) is 20.8. The van der Waals surface area contributed by atoms with Gasteiger partial charge in [-0.3, -0.25) is 4.99 Å². The minimum atomic E-state index is -0.444. The van der Waals surface area contributed by atoms with E-state index in [0.717, 1.165) is 36.6 Å². The molecule has 1 saturated heterocycles. The maximum Gasteiger partial charge on any atom is 0.191 e. The molecule has 4 nitrogen and oxygen atoms in total. The molecule has 136 valence electrons. The fourth-order valence-corrected chi connectivity index (χ4v) is 4.13. The summed E-state index contributed by atoms with van der Waals surface area (Å²) in [5.41, 5.74) is 0.388. The number of thioether (sulfide) groups is 1. The van der Waals surface area contributed by atoms with E-state index in [2.05, 4.69) is 34.6 Å². The zero-order valence-corrected chi connectivity index (χ0v) is 17.4. The van der Waals surface area contributed by atoms with E-state index in [1.54, 1.807) is 7.05 Å². The highest BCUT2D eigenvalue weighted by atomic mass is 127. The highest BCUT2D eigenvalue weighted by Crippen LogP contribution is 2.31. The van der Waals surface area contributed by atoms with Gasteiger partial charge in [0.25, 0.3) is 0 Å². The molecule has 2 N–H and O–H groups in total. The lowest BCUT2D eigenvalue weighted by Crippen LogP contribution is -2.54. The first-order valence-corrected chi connectivity index (χ1v) is 8.76. The lowest BCUT2D eigenvalue weighted by molar-refractivity contribution is 0.183. The van der Waals surface area contributed by atoms with Crippen LogP contribution in [0, 0.1) is 11.6 Å². The fourth-order valence-electron chi connectivity index (χ4n) is 2.57. The van der Waals surface area contributed by atoms with Crippen molar-refractivity contribution in [1.29, 1.82) is 0 Å². The monoisotopic (exact) mass is 470 g/mol. The van der Waals surface area contributed by atoms with Crippen molar-refractivity contribution in [2.24, 2.45) is 4.99 Å². The second kappa shape index (κ2) is 9.76. The predicted molar refractivity (Wildman–Crippen MR) is 108 cm³/mol. The Labute approximate surface area is 163 Å². The van der Waals surface area contributed by atoms with Crippen molar-refractivity contribution in [2.75, 3.05) is 39.2 Å². The molecule has 1 aliphatic heterocycles. The van der Waals surface area contributed by atoms with Crippen LogP contribution in [0.1, 0.15) is 12.0 Å². The number of nitrogens with one attached hydrogen (secondary N) is 2. The maximum absolute atomic E-state index is 13.6. The van der Waals surface area contributed by atoms with Crippen molar-refractivity contribution in [3.8, 4) is 0 Å². The number of hydrogen-bond donors (Lipinski definition) is 2. The Bertz CT molecular complexity index is 563. The number of aliphatic imine (C=N–C) groups is 1. The Balaban J connectivity index is 0.00000288. The van der Waals surface area contributed by atoms with E-state index in [0.29, 0.717) is 5.96 Å². The Morgan fingerprint density at radius 2 is 2.08 bits per heavy atom. The Hall–Kier alpha value is -0.610. The molecule has 0 amide bonds. The summed E-state index contributed by atoms with van der Waals surface area (Å²) in [5, 5.41) is 6.35. The van der Waals surface area contributed by atoms with Crippen molar-refractivity contribution < 1.29 is 8.78 Å². The van der Waals surface area contributed by atoms with E-state index >= 15 is 0 Å². The molecule has 1 aromatic rings. The molecule has 1 heterocycles. The van der Waals surface area contributed by atoms with E-state index in [1.807, 2.05) is 11.8 Å². The van der Waals surface area contributed by atoms with Crippen molar-refractivity contribution in [1.82, 2.24) is 15.5 Å². The first kappa shape index (κ1) is 21.4. The average Bonchev–Trinajstić information content (AvgIpc) is 3.01. The van der Waals surface area contributed by atoms with Gasteiger partial charge in [0.2, 0.25) is 0 Å². The van der Waals surface area contributed by atoms with E-state index in [9.17, 15) is 8.78 Å². The van der Waals surface area contributed by atoms with Gasteiger partial charge in [-0.05, 0) is 44.5 Å². The number of likely N-dealkylation sites (N-methyl/N-ethyl adjacent to an activating group) is 1. The Morgan fingerprint density at radius 1 is 1.33 bits per heavy atom. The van der Waals surface area contributed by atoms with Crippen LogP contribution >= 0.6 is 35.7 Å². The number of halogens is 3. The summed E-state index contributed by atoms with van der Waals surface area (Å²) >= 11 is 1.95. The molecule has 1 fully saturated rings. The van der Waals surface area contributed by atoms with Crippen LogP contribution in [0.3, 0.4) is 0 Å². The van der Waals surface area contributed by atoms with Crippen molar-refractivity contribution in [2.45, 2.75) is 18.5 Å². The van der Waals surface area contributed by atoms with E-state index in [-0.39, 0.29) is 41.6 Å². The van der Waals surface area contributed by atoms with Crippen LogP contribution in [0.25, 0.3) is 0 Å². The lowest BCUT2D eigenvalue weighted by atomic mass is 9.97. The third kappa shape index (κ3) is 5.45. The minimum Gasteiger partial charge on any atom is -0.355 e. The van der Waals surface area contributed by atoms with Crippen LogP contribution in [0.5, 0.6) is 0 Å². The molecule has 1 aromatic carbocycles. The summed E-state index contributed by atoms with van der Waals surface area (Å²) in [6.45, 7) is 0.950. The number of nitrogens with zero attached hydrogens (tertiary/aromatic N) is 2. The standard InChI is InChI=1S/C16H24F2N4S.HI/c1-19-15(20-9-12-8-13(17)4-5-14(12)18)21-10-16(22(2)3)6-7-23-11-16;/h4-5,8H,6-7,9-11H2,1-3H3,(H2,19,20,21);1H. The summed E-state index contributed by atoms with van der Waals surface area (Å²) in [7, 11) is 5.85. The number of benzene rings is 1. The van der Waals surface area contributed by atoms with E-state index in [1.165, 1.54) is 6.07 Å². The fraction of sp³-hybridized carbons (Fsp3) is 0.562. The molecule has 0 saturated carbocycles. The summed E-state index contributed by atoms with van der Waals surface area (Å²) < 4.78 is 26.8. The molecule has 0 spiro atoms. The zero-order chi connectivity index (χ0) is 16.9. The maximum atomic E-state index is 13.6. The molecule has 0 aliphatic carbocycles. The Kier molecular flexibility index (Phi) is 8.72. The smallest absolute Gasteiger partial charge is 0.191 e. The quantitative estimate of drug-likeness (QED) is 0.395. The lowest BCUT2D eigenvalue weighted by Gasteiger charge is -2.36. The van der Waals surface area contributed by atoms with Crippen molar-refractivity contribution >= 4 is 41.7 Å². The summed E-state index contributed by atoms with van der Waals surface area (Å²) in [5.74, 6) is 1.95. The molecule has 0 aromatic heterocycles. The van der Waals surface area contributed by atoms with Gasteiger partial charge < -0.3 is 15.5 Å². The molecule has 0 bridgehead atoms. The van der Waals surface area contributed by atoms with E-state index in [4.69, 9.17) is 0 Å². The first-order chi connectivity index (χ1) is 11.0. The highest BCUT2D eigenvalue weighted by Gasteiger charge is 2.36. The highest BCUT2D eigenvalue weighted by molar-refractivity contribution is 14.0. The van der Waals surface area contributed by atoms with Gasteiger partial charge in [0.1, 0.15) is 11.6 Å².